The maximum atomic E-state index is 14.3. The smallest absolute Gasteiger partial charge is 0.254 e. The maximum absolute atomic E-state index is 14.3. The number of hydrogen-bond acceptors (Lipinski definition) is 5. The Hall–Kier alpha value is -3.98. The highest BCUT2D eigenvalue weighted by Gasteiger charge is 2.19. The molecule has 32 heavy (non-hydrogen) atoms. The zero-order chi connectivity index (χ0) is 23.3. The minimum Gasteiger partial charge on any atom is -0.456 e. The molecule has 7 nitrogen and oxygen atoms in total. The van der Waals surface area contributed by atoms with E-state index >= 15 is 0 Å². The second kappa shape index (κ2) is 9.88. The van der Waals surface area contributed by atoms with Gasteiger partial charge in [0.15, 0.2) is 0 Å². The van der Waals surface area contributed by atoms with E-state index in [-0.39, 0.29) is 41.5 Å². The van der Waals surface area contributed by atoms with Gasteiger partial charge in [0.05, 0.1) is 24.4 Å². The minimum atomic E-state index is -0.914. The van der Waals surface area contributed by atoms with Gasteiger partial charge >= 0.3 is 0 Å². The number of aliphatic hydroxyl groups excluding tert-OH is 1. The third-order valence-corrected chi connectivity index (χ3v) is 4.39. The van der Waals surface area contributed by atoms with Gasteiger partial charge in [-0.25, -0.2) is 8.78 Å². The van der Waals surface area contributed by atoms with E-state index in [0.29, 0.717) is 11.3 Å². The predicted octanol–water partition coefficient (Wildman–Crippen LogP) is 4.23. The summed E-state index contributed by atoms with van der Waals surface area (Å²) in [6.07, 6.45) is -0.0780. The Labute approximate surface area is 182 Å². The molecule has 3 aromatic rings. The summed E-state index contributed by atoms with van der Waals surface area (Å²) < 4.78 is 34.3. The van der Waals surface area contributed by atoms with Crippen LogP contribution in [0.2, 0.25) is 0 Å². The number of nitrogens with two attached hydrogens (primary N) is 1. The summed E-state index contributed by atoms with van der Waals surface area (Å²) in [6.45, 7) is 1.42. The Morgan fingerprint density at radius 1 is 1.06 bits per heavy atom. The quantitative estimate of drug-likeness (QED) is 0.418. The first kappa shape index (κ1) is 22.7. The highest BCUT2D eigenvalue weighted by Crippen LogP contribution is 2.34. The number of rotatable bonds is 8. The van der Waals surface area contributed by atoms with Crippen molar-refractivity contribution in [3.8, 4) is 11.5 Å². The Morgan fingerprint density at radius 3 is 2.53 bits per heavy atom. The van der Waals surface area contributed by atoms with Crippen molar-refractivity contribution in [3.63, 3.8) is 0 Å². The van der Waals surface area contributed by atoms with Gasteiger partial charge in [-0.1, -0.05) is 12.1 Å². The van der Waals surface area contributed by atoms with Crippen molar-refractivity contribution in [3.05, 3.63) is 77.4 Å². The number of carbonyl (C=O) groups excluding carboxylic acids is 2. The van der Waals surface area contributed by atoms with E-state index in [9.17, 15) is 18.4 Å². The van der Waals surface area contributed by atoms with Crippen molar-refractivity contribution in [2.75, 3.05) is 17.2 Å². The largest absolute Gasteiger partial charge is 0.456 e. The van der Waals surface area contributed by atoms with Gasteiger partial charge in [0.25, 0.3) is 5.91 Å². The second-order valence-corrected chi connectivity index (χ2v) is 6.95. The van der Waals surface area contributed by atoms with E-state index in [1.807, 2.05) is 0 Å². The van der Waals surface area contributed by atoms with Crippen LogP contribution in [0.3, 0.4) is 0 Å². The van der Waals surface area contributed by atoms with Gasteiger partial charge in [-0.05, 0) is 42.8 Å². The number of ether oxygens (including phenoxy) is 1. The first-order chi connectivity index (χ1) is 15.3. The van der Waals surface area contributed by atoms with Crippen LogP contribution in [0.5, 0.6) is 11.5 Å². The van der Waals surface area contributed by atoms with Gasteiger partial charge in [0.2, 0.25) is 5.91 Å². The van der Waals surface area contributed by atoms with Crippen LogP contribution in [0.15, 0.2) is 54.6 Å². The first-order valence-corrected chi connectivity index (χ1v) is 9.62. The molecule has 0 bridgehead atoms. The third-order valence-electron chi connectivity index (χ3n) is 4.39. The zero-order valence-corrected chi connectivity index (χ0v) is 17.1. The Kier molecular flexibility index (Phi) is 7.01. The van der Waals surface area contributed by atoms with E-state index in [4.69, 9.17) is 15.6 Å². The summed E-state index contributed by atoms with van der Waals surface area (Å²) in [7, 11) is 0. The highest BCUT2D eigenvalue weighted by molar-refractivity contribution is 6.02. The lowest BCUT2D eigenvalue weighted by molar-refractivity contribution is -0.116. The third kappa shape index (κ3) is 5.58. The molecule has 0 spiro atoms. The number of halogens is 2. The van der Waals surface area contributed by atoms with Crippen molar-refractivity contribution in [2.45, 2.75) is 13.3 Å². The van der Waals surface area contributed by atoms with Gasteiger partial charge in [-0.2, -0.15) is 0 Å². The molecule has 0 radical (unpaired) electrons. The summed E-state index contributed by atoms with van der Waals surface area (Å²) in [6, 6.07) is 12.6. The van der Waals surface area contributed by atoms with Crippen molar-refractivity contribution >= 4 is 28.9 Å². The lowest BCUT2D eigenvalue weighted by Crippen LogP contribution is -2.15. The average molecular weight is 441 g/mol. The molecule has 0 unspecified atom stereocenters. The van der Waals surface area contributed by atoms with E-state index in [1.54, 1.807) is 25.1 Å². The number of hydrogen-bond donors (Lipinski definition) is 4. The first-order valence-electron chi connectivity index (χ1n) is 9.62. The second-order valence-electron chi connectivity index (χ2n) is 6.95. The monoisotopic (exact) mass is 441 g/mol. The minimum absolute atomic E-state index is 0.0308. The van der Waals surface area contributed by atoms with Crippen LogP contribution < -0.4 is 21.1 Å². The summed E-state index contributed by atoms with van der Waals surface area (Å²) in [4.78, 5) is 23.8. The van der Waals surface area contributed by atoms with Crippen LogP contribution in [-0.2, 0) is 4.79 Å². The van der Waals surface area contributed by atoms with Gasteiger partial charge < -0.3 is 26.2 Å². The molecular formula is C23H21F2N3O4. The number of aryl methyl sites for hydroxylation is 1. The van der Waals surface area contributed by atoms with Gasteiger partial charge in [-0.3, -0.25) is 9.59 Å². The number of benzene rings is 3. The van der Waals surface area contributed by atoms with Crippen molar-refractivity contribution in [2.24, 2.45) is 5.73 Å². The molecule has 0 aliphatic heterocycles. The number of carbonyl (C=O) groups is 2. The highest BCUT2D eigenvalue weighted by atomic mass is 19.1. The van der Waals surface area contributed by atoms with Crippen LogP contribution >= 0.6 is 0 Å². The van der Waals surface area contributed by atoms with E-state index < -0.39 is 23.4 Å². The molecule has 2 amide bonds. The SMILES string of the molecule is Cc1ccc(Nc2cc(F)cc(Oc3cccc(NC(=O)CCO)c3)c2C(N)=O)c(F)c1. The lowest BCUT2D eigenvalue weighted by Gasteiger charge is -2.16. The topological polar surface area (TPSA) is 114 Å². The fourth-order valence-corrected chi connectivity index (χ4v) is 2.97. The van der Waals surface area contributed by atoms with E-state index in [0.717, 1.165) is 12.1 Å². The molecule has 0 saturated carbocycles. The number of primary amides is 1. The average Bonchev–Trinajstić information content (AvgIpc) is 2.70. The number of amides is 2. The maximum Gasteiger partial charge on any atom is 0.254 e. The number of aliphatic hydroxyl groups is 1. The summed E-state index contributed by atoms with van der Waals surface area (Å²) >= 11 is 0. The fraction of sp³-hybridized carbons (Fsp3) is 0.130. The lowest BCUT2D eigenvalue weighted by atomic mass is 10.1. The predicted molar refractivity (Wildman–Crippen MR) is 116 cm³/mol. The molecule has 0 fully saturated rings. The molecule has 3 aromatic carbocycles. The van der Waals surface area contributed by atoms with Crippen LogP contribution in [0.4, 0.5) is 25.8 Å². The molecule has 0 atom stereocenters. The normalized spacial score (nSPS) is 10.5. The van der Waals surface area contributed by atoms with Crippen molar-refractivity contribution in [1.82, 2.24) is 0 Å². The standard InChI is InChI=1S/C23H21F2N3O4/c1-13-5-6-18(17(25)9-13)28-19-10-14(24)11-20(22(19)23(26)31)32-16-4-2-3-15(12-16)27-21(30)7-8-29/h2-6,9-12,28-29H,7-8H2,1H3,(H2,26,31)(H,27,30). The summed E-state index contributed by atoms with van der Waals surface area (Å²) in [5, 5.41) is 14.1. The fourth-order valence-electron chi connectivity index (χ4n) is 2.97. The van der Waals surface area contributed by atoms with Crippen LogP contribution in [0.25, 0.3) is 0 Å². The van der Waals surface area contributed by atoms with E-state index in [2.05, 4.69) is 10.6 Å². The Balaban J connectivity index is 1.95. The zero-order valence-electron chi connectivity index (χ0n) is 17.1. The van der Waals surface area contributed by atoms with Crippen LogP contribution in [-0.4, -0.2) is 23.5 Å². The van der Waals surface area contributed by atoms with Crippen LogP contribution in [0.1, 0.15) is 22.3 Å². The molecule has 3 rings (SSSR count). The van der Waals surface area contributed by atoms with Gasteiger partial charge in [0, 0.05) is 17.8 Å². The van der Waals surface area contributed by atoms with Crippen molar-refractivity contribution < 1.29 is 28.2 Å². The van der Waals surface area contributed by atoms with Gasteiger partial charge in [0.1, 0.15) is 28.7 Å². The molecule has 0 heterocycles. The molecule has 0 saturated heterocycles. The van der Waals surface area contributed by atoms with Crippen molar-refractivity contribution in [1.29, 1.82) is 0 Å². The Morgan fingerprint density at radius 2 is 1.84 bits per heavy atom. The number of anilines is 3. The Bertz CT molecular complexity index is 1170. The molecule has 0 aliphatic carbocycles. The van der Waals surface area contributed by atoms with E-state index in [1.165, 1.54) is 24.3 Å². The molecule has 9 heteroatoms. The molecule has 0 aromatic heterocycles. The summed E-state index contributed by atoms with van der Waals surface area (Å²) in [5.41, 5.74) is 6.36. The molecule has 0 aliphatic rings. The molecular weight excluding hydrogens is 420 g/mol. The summed E-state index contributed by atoms with van der Waals surface area (Å²) in [5.74, 6) is -2.65. The van der Waals surface area contributed by atoms with Gasteiger partial charge in [-0.15, -0.1) is 0 Å². The molecule has 166 valence electrons. The molecule has 5 N–H and O–H groups in total. The van der Waals surface area contributed by atoms with Crippen LogP contribution in [0, 0.1) is 18.6 Å². The number of nitrogens with one attached hydrogen (secondary N) is 2.